The molecule has 0 aromatic carbocycles. The maximum absolute atomic E-state index is 3.57. The number of nitrogens with one attached hydrogen (secondary N) is 1. The van der Waals surface area contributed by atoms with E-state index in [1.54, 1.807) is 0 Å². The number of aliphatic imine (C=N–C) groups is 1. The summed E-state index contributed by atoms with van der Waals surface area (Å²) in [6.45, 7) is 3.88. The second kappa shape index (κ2) is 3.77. The van der Waals surface area contributed by atoms with Crippen LogP contribution >= 0.6 is 0 Å². The van der Waals surface area contributed by atoms with Gasteiger partial charge in [0.05, 0.1) is 0 Å². The van der Waals surface area contributed by atoms with Gasteiger partial charge in [0.1, 0.15) is 6.67 Å². The minimum Gasteiger partial charge on any atom is -0.284 e. The molecule has 0 amide bonds. The van der Waals surface area contributed by atoms with Crippen molar-refractivity contribution in [2.75, 3.05) is 20.8 Å². The highest BCUT2D eigenvalue weighted by Gasteiger charge is 1.78. The fourth-order valence-electron chi connectivity index (χ4n) is 0.191. The second-order valence-electron chi connectivity index (χ2n) is 1.43. The highest BCUT2D eigenvalue weighted by molar-refractivity contribution is 5.22. The largest absolute Gasteiger partial charge is 0.284 e. The molecule has 3 heteroatoms. The number of rotatable bonds is 3. The number of nitrogens with zero attached hydrogens (tertiary/aromatic N) is 2. The molecule has 0 rings (SSSR count). The predicted molar refractivity (Wildman–Crippen MR) is 31.2 cm³/mol. The SMILES string of the molecule is C=NCNN(C)C. The van der Waals surface area contributed by atoms with Gasteiger partial charge in [-0.3, -0.25) is 4.99 Å². The summed E-state index contributed by atoms with van der Waals surface area (Å²) < 4.78 is 0. The lowest BCUT2D eigenvalue weighted by Crippen LogP contribution is -2.30. The number of hydrogen-bond acceptors (Lipinski definition) is 3. The van der Waals surface area contributed by atoms with Gasteiger partial charge in [-0.1, -0.05) is 0 Å². The lowest BCUT2D eigenvalue weighted by Gasteiger charge is -2.07. The van der Waals surface area contributed by atoms with Gasteiger partial charge in [-0.15, -0.1) is 0 Å². The summed E-state index contributed by atoms with van der Waals surface area (Å²) in [5.41, 5.74) is 2.90. The average molecular weight is 101 g/mol. The summed E-state index contributed by atoms with van der Waals surface area (Å²) in [7, 11) is 3.82. The van der Waals surface area contributed by atoms with Gasteiger partial charge >= 0.3 is 0 Å². The molecule has 0 radical (unpaired) electrons. The van der Waals surface area contributed by atoms with Crippen molar-refractivity contribution < 1.29 is 0 Å². The van der Waals surface area contributed by atoms with Crippen LogP contribution in [0.3, 0.4) is 0 Å². The summed E-state index contributed by atoms with van der Waals surface area (Å²) in [5, 5.41) is 1.83. The van der Waals surface area contributed by atoms with Crippen LogP contribution in [0.4, 0.5) is 0 Å². The molecule has 0 saturated heterocycles. The molecule has 0 aliphatic heterocycles. The van der Waals surface area contributed by atoms with Gasteiger partial charge < -0.3 is 0 Å². The first-order valence-electron chi connectivity index (χ1n) is 2.10. The Labute approximate surface area is 44.0 Å². The third-order valence-corrected chi connectivity index (χ3v) is 0.499. The van der Waals surface area contributed by atoms with E-state index in [4.69, 9.17) is 0 Å². The quantitative estimate of drug-likeness (QED) is 0.391. The maximum Gasteiger partial charge on any atom is 0.100 e. The van der Waals surface area contributed by atoms with Crippen LogP contribution in [0.15, 0.2) is 4.99 Å². The number of hydrogen-bond donors (Lipinski definition) is 1. The summed E-state index contributed by atoms with van der Waals surface area (Å²) in [6, 6.07) is 0. The molecule has 1 N–H and O–H groups in total. The highest BCUT2D eigenvalue weighted by atomic mass is 15.5. The Bertz CT molecular complexity index is 50.9. The van der Waals surface area contributed by atoms with Crippen molar-refractivity contribution in [3.8, 4) is 0 Å². The Hall–Kier alpha value is -0.410. The first-order chi connectivity index (χ1) is 3.27. The number of hydrazine groups is 1. The van der Waals surface area contributed by atoms with Gasteiger partial charge in [-0.25, -0.2) is 10.4 Å². The molecule has 0 saturated carbocycles. The molecule has 42 valence electrons. The molecule has 0 spiro atoms. The zero-order chi connectivity index (χ0) is 5.70. The minimum atomic E-state index is 0.590. The summed E-state index contributed by atoms with van der Waals surface area (Å²) >= 11 is 0. The molecular formula is C4H11N3. The van der Waals surface area contributed by atoms with Crippen molar-refractivity contribution >= 4 is 6.72 Å². The topological polar surface area (TPSA) is 27.6 Å². The van der Waals surface area contributed by atoms with E-state index in [2.05, 4.69) is 17.1 Å². The van der Waals surface area contributed by atoms with Gasteiger partial charge in [-0.05, 0) is 6.72 Å². The Kier molecular flexibility index (Phi) is 3.55. The summed E-state index contributed by atoms with van der Waals surface area (Å²) in [6.07, 6.45) is 0. The fourth-order valence-corrected chi connectivity index (χ4v) is 0.191. The molecule has 0 heterocycles. The van der Waals surface area contributed by atoms with Crippen LogP contribution in [0.2, 0.25) is 0 Å². The van der Waals surface area contributed by atoms with Crippen LogP contribution in [-0.2, 0) is 0 Å². The third kappa shape index (κ3) is 5.59. The van der Waals surface area contributed by atoms with E-state index in [0.717, 1.165) is 0 Å². The van der Waals surface area contributed by atoms with E-state index in [0.29, 0.717) is 6.67 Å². The van der Waals surface area contributed by atoms with Gasteiger partial charge in [0.25, 0.3) is 0 Å². The lowest BCUT2D eigenvalue weighted by atomic mass is 11.1. The normalized spacial score (nSPS) is 9.57. The van der Waals surface area contributed by atoms with Crippen molar-refractivity contribution in [1.82, 2.24) is 10.4 Å². The van der Waals surface area contributed by atoms with Crippen LogP contribution < -0.4 is 5.43 Å². The van der Waals surface area contributed by atoms with E-state index < -0.39 is 0 Å². The first-order valence-corrected chi connectivity index (χ1v) is 2.10. The highest BCUT2D eigenvalue weighted by Crippen LogP contribution is 1.60. The van der Waals surface area contributed by atoms with Crippen molar-refractivity contribution in [3.05, 3.63) is 0 Å². The molecule has 0 atom stereocenters. The molecule has 0 bridgehead atoms. The van der Waals surface area contributed by atoms with Crippen LogP contribution in [0.5, 0.6) is 0 Å². The van der Waals surface area contributed by atoms with E-state index >= 15 is 0 Å². The molecule has 7 heavy (non-hydrogen) atoms. The van der Waals surface area contributed by atoms with Crippen LogP contribution in [0.25, 0.3) is 0 Å². The molecule has 0 unspecified atom stereocenters. The Morgan fingerprint density at radius 3 is 2.43 bits per heavy atom. The van der Waals surface area contributed by atoms with E-state index in [1.165, 1.54) is 0 Å². The van der Waals surface area contributed by atoms with Gasteiger partial charge in [0.2, 0.25) is 0 Å². The standard InChI is InChI=1S/C4H11N3/c1-5-4-6-7(2)3/h6H,1,4H2,2-3H3. The van der Waals surface area contributed by atoms with Gasteiger partial charge in [-0.2, -0.15) is 0 Å². The first kappa shape index (κ1) is 6.59. The lowest BCUT2D eigenvalue weighted by molar-refractivity contribution is 0.296. The molecule has 0 aliphatic carbocycles. The summed E-state index contributed by atoms with van der Waals surface area (Å²) in [4.78, 5) is 3.57. The second-order valence-corrected chi connectivity index (χ2v) is 1.43. The van der Waals surface area contributed by atoms with Crippen LogP contribution in [0, 0.1) is 0 Å². The van der Waals surface area contributed by atoms with Gasteiger partial charge in [0.15, 0.2) is 0 Å². The average Bonchev–Trinajstić information content (AvgIpc) is 1.61. The van der Waals surface area contributed by atoms with E-state index in [-0.39, 0.29) is 0 Å². The third-order valence-electron chi connectivity index (χ3n) is 0.499. The molecule has 0 fully saturated rings. The zero-order valence-electron chi connectivity index (χ0n) is 4.81. The summed E-state index contributed by atoms with van der Waals surface area (Å²) in [5.74, 6) is 0. The van der Waals surface area contributed by atoms with E-state index in [1.807, 2.05) is 19.1 Å². The predicted octanol–water partition coefficient (Wildman–Crippen LogP) is -0.289. The van der Waals surface area contributed by atoms with Crippen LogP contribution in [-0.4, -0.2) is 32.5 Å². The Balaban J connectivity index is 2.81. The molecular weight excluding hydrogens is 90.1 g/mol. The Morgan fingerprint density at radius 2 is 2.29 bits per heavy atom. The molecule has 0 aromatic rings. The van der Waals surface area contributed by atoms with Crippen molar-refractivity contribution in [3.63, 3.8) is 0 Å². The molecule has 3 nitrogen and oxygen atoms in total. The van der Waals surface area contributed by atoms with Gasteiger partial charge in [0, 0.05) is 14.1 Å². The zero-order valence-corrected chi connectivity index (χ0v) is 4.81. The van der Waals surface area contributed by atoms with Crippen molar-refractivity contribution in [2.45, 2.75) is 0 Å². The maximum atomic E-state index is 3.57. The smallest absolute Gasteiger partial charge is 0.100 e. The monoisotopic (exact) mass is 101 g/mol. The van der Waals surface area contributed by atoms with Crippen molar-refractivity contribution in [2.24, 2.45) is 4.99 Å². The van der Waals surface area contributed by atoms with E-state index in [9.17, 15) is 0 Å². The molecule has 0 aliphatic rings. The van der Waals surface area contributed by atoms with Crippen molar-refractivity contribution in [1.29, 1.82) is 0 Å². The minimum absolute atomic E-state index is 0.590. The van der Waals surface area contributed by atoms with Crippen LogP contribution in [0.1, 0.15) is 0 Å². The fraction of sp³-hybridized carbons (Fsp3) is 0.750. The Morgan fingerprint density at radius 1 is 1.71 bits per heavy atom. The molecule has 0 aromatic heterocycles.